The van der Waals surface area contributed by atoms with Crippen LogP contribution in [0.3, 0.4) is 0 Å². The van der Waals surface area contributed by atoms with Crippen LogP contribution in [0.5, 0.6) is 0 Å². The standard InChI is InChI=1S/C15H25N/c1-12-7-6-8-13(9-12)10-14(2,3)11-15(4,5)16/h6-9H,10-11,16H2,1-5H3. The molecule has 1 aromatic rings. The third-order valence-corrected chi connectivity index (χ3v) is 2.70. The summed E-state index contributed by atoms with van der Waals surface area (Å²) < 4.78 is 0. The molecule has 1 rings (SSSR count). The van der Waals surface area contributed by atoms with Crippen LogP contribution in [0.25, 0.3) is 0 Å². The van der Waals surface area contributed by atoms with Gasteiger partial charge in [-0.15, -0.1) is 0 Å². The van der Waals surface area contributed by atoms with Gasteiger partial charge in [-0.1, -0.05) is 43.7 Å². The van der Waals surface area contributed by atoms with Crippen molar-refractivity contribution >= 4 is 0 Å². The van der Waals surface area contributed by atoms with Crippen LogP contribution in [0.2, 0.25) is 0 Å². The third-order valence-electron chi connectivity index (χ3n) is 2.70. The Morgan fingerprint density at radius 3 is 2.25 bits per heavy atom. The largest absolute Gasteiger partial charge is 0.326 e. The molecule has 0 heterocycles. The third kappa shape index (κ3) is 4.80. The molecule has 0 radical (unpaired) electrons. The van der Waals surface area contributed by atoms with E-state index in [1.807, 2.05) is 0 Å². The second kappa shape index (κ2) is 4.58. The molecule has 16 heavy (non-hydrogen) atoms. The molecule has 1 aromatic carbocycles. The van der Waals surface area contributed by atoms with Crippen LogP contribution in [-0.2, 0) is 6.42 Å². The van der Waals surface area contributed by atoms with Gasteiger partial charge in [0.1, 0.15) is 0 Å². The summed E-state index contributed by atoms with van der Waals surface area (Å²) in [5, 5.41) is 0. The molecule has 0 aliphatic heterocycles. The Morgan fingerprint density at radius 2 is 1.75 bits per heavy atom. The Bertz CT molecular complexity index is 345. The highest BCUT2D eigenvalue weighted by Gasteiger charge is 2.25. The lowest BCUT2D eigenvalue weighted by atomic mass is 9.76. The molecule has 0 bridgehead atoms. The molecule has 1 nitrogen and oxygen atoms in total. The number of rotatable bonds is 4. The molecule has 0 saturated heterocycles. The summed E-state index contributed by atoms with van der Waals surface area (Å²) in [6.07, 6.45) is 2.13. The molecule has 90 valence electrons. The Morgan fingerprint density at radius 1 is 1.12 bits per heavy atom. The monoisotopic (exact) mass is 219 g/mol. The molecule has 1 heteroatoms. The van der Waals surface area contributed by atoms with Gasteiger partial charge in [0.25, 0.3) is 0 Å². The number of hydrogen-bond acceptors (Lipinski definition) is 1. The summed E-state index contributed by atoms with van der Waals surface area (Å²) in [6, 6.07) is 8.75. The second-order valence-corrected chi connectivity index (χ2v) is 6.50. The van der Waals surface area contributed by atoms with Crippen molar-refractivity contribution in [2.24, 2.45) is 11.1 Å². The molecule has 0 spiro atoms. The van der Waals surface area contributed by atoms with Gasteiger partial charge in [-0.05, 0) is 44.6 Å². The molecule has 0 aliphatic rings. The zero-order chi connectivity index (χ0) is 12.4. The molecule has 0 aliphatic carbocycles. The topological polar surface area (TPSA) is 26.0 Å². The molecule has 2 N–H and O–H groups in total. The minimum absolute atomic E-state index is 0.0900. The summed E-state index contributed by atoms with van der Waals surface area (Å²) in [5.74, 6) is 0. The van der Waals surface area contributed by atoms with Crippen molar-refractivity contribution < 1.29 is 0 Å². The van der Waals surface area contributed by atoms with Crippen LogP contribution < -0.4 is 5.73 Å². The van der Waals surface area contributed by atoms with Crippen LogP contribution in [-0.4, -0.2) is 5.54 Å². The van der Waals surface area contributed by atoms with Crippen molar-refractivity contribution in [3.8, 4) is 0 Å². The van der Waals surface area contributed by atoms with E-state index in [1.54, 1.807) is 0 Å². The van der Waals surface area contributed by atoms with Crippen molar-refractivity contribution in [1.82, 2.24) is 0 Å². The van der Waals surface area contributed by atoms with Gasteiger partial charge >= 0.3 is 0 Å². The van der Waals surface area contributed by atoms with Gasteiger partial charge < -0.3 is 5.73 Å². The van der Waals surface area contributed by atoms with E-state index in [4.69, 9.17) is 5.73 Å². The Balaban J connectivity index is 2.72. The molecule has 0 atom stereocenters. The quantitative estimate of drug-likeness (QED) is 0.821. The van der Waals surface area contributed by atoms with E-state index in [1.165, 1.54) is 11.1 Å². The van der Waals surface area contributed by atoms with Gasteiger partial charge in [-0.3, -0.25) is 0 Å². The molecule has 0 unspecified atom stereocenters. The number of hydrogen-bond donors (Lipinski definition) is 1. The molecule has 0 amide bonds. The van der Waals surface area contributed by atoms with E-state index in [0.29, 0.717) is 0 Å². The SMILES string of the molecule is Cc1cccc(CC(C)(C)CC(C)(C)N)c1. The summed E-state index contributed by atoms with van der Waals surface area (Å²) in [6.45, 7) is 10.9. The Hall–Kier alpha value is -0.820. The van der Waals surface area contributed by atoms with Crippen LogP contribution in [0.15, 0.2) is 24.3 Å². The van der Waals surface area contributed by atoms with Gasteiger partial charge in [-0.25, -0.2) is 0 Å². The molecule has 0 aromatic heterocycles. The van der Waals surface area contributed by atoms with Crippen molar-refractivity contribution in [1.29, 1.82) is 0 Å². The first-order valence-electron chi connectivity index (χ1n) is 6.02. The molecular formula is C15H25N. The van der Waals surface area contributed by atoms with E-state index in [2.05, 4.69) is 58.9 Å². The van der Waals surface area contributed by atoms with E-state index in [0.717, 1.165) is 12.8 Å². The van der Waals surface area contributed by atoms with Gasteiger partial charge in [0.15, 0.2) is 0 Å². The zero-order valence-electron chi connectivity index (χ0n) is 11.3. The molecule has 0 fully saturated rings. The highest BCUT2D eigenvalue weighted by molar-refractivity contribution is 5.23. The first-order valence-corrected chi connectivity index (χ1v) is 6.02. The van der Waals surface area contributed by atoms with Crippen LogP contribution in [0.4, 0.5) is 0 Å². The van der Waals surface area contributed by atoms with Crippen molar-refractivity contribution in [3.05, 3.63) is 35.4 Å². The van der Waals surface area contributed by atoms with Crippen molar-refractivity contribution in [2.75, 3.05) is 0 Å². The van der Waals surface area contributed by atoms with Gasteiger partial charge in [0, 0.05) is 5.54 Å². The van der Waals surface area contributed by atoms with Crippen LogP contribution >= 0.6 is 0 Å². The lowest BCUT2D eigenvalue weighted by Gasteiger charge is -2.32. The zero-order valence-corrected chi connectivity index (χ0v) is 11.3. The summed E-state index contributed by atoms with van der Waals surface area (Å²) in [7, 11) is 0. The van der Waals surface area contributed by atoms with E-state index >= 15 is 0 Å². The van der Waals surface area contributed by atoms with Crippen LogP contribution in [0, 0.1) is 12.3 Å². The number of aryl methyl sites for hydroxylation is 1. The molecular weight excluding hydrogens is 194 g/mol. The van der Waals surface area contributed by atoms with Crippen molar-refractivity contribution in [2.45, 2.75) is 53.0 Å². The predicted octanol–water partition coefficient (Wildman–Crippen LogP) is 3.69. The minimum atomic E-state index is -0.0900. The smallest absolute Gasteiger partial charge is 0.0102 e. The highest BCUT2D eigenvalue weighted by atomic mass is 14.7. The lowest BCUT2D eigenvalue weighted by Crippen LogP contribution is -2.38. The fraction of sp³-hybridized carbons (Fsp3) is 0.600. The second-order valence-electron chi connectivity index (χ2n) is 6.50. The average Bonchev–Trinajstić information content (AvgIpc) is 1.96. The maximum Gasteiger partial charge on any atom is 0.0102 e. The normalized spacial score (nSPS) is 12.9. The molecule has 0 saturated carbocycles. The predicted molar refractivity (Wildman–Crippen MR) is 71.5 cm³/mol. The maximum atomic E-state index is 6.11. The average molecular weight is 219 g/mol. The van der Waals surface area contributed by atoms with E-state index in [9.17, 15) is 0 Å². The first kappa shape index (κ1) is 13.2. The minimum Gasteiger partial charge on any atom is -0.326 e. The fourth-order valence-corrected chi connectivity index (χ4v) is 2.67. The van der Waals surface area contributed by atoms with Crippen molar-refractivity contribution in [3.63, 3.8) is 0 Å². The highest BCUT2D eigenvalue weighted by Crippen LogP contribution is 2.30. The first-order chi connectivity index (χ1) is 7.18. The Kier molecular flexibility index (Phi) is 3.80. The summed E-state index contributed by atoms with van der Waals surface area (Å²) in [4.78, 5) is 0. The van der Waals surface area contributed by atoms with E-state index < -0.39 is 0 Å². The number of nitrogens with two attached hydrogens (primary N) is 1. The fourth-order valence-electron chi connectivity index (χ4n) is 2.67. The summed E-state index contributed by atoms with van der Waals surface area (Å²) in [5.41, 5.74) is 9.02. The van der Waals surface area contributed by atoms with Gasteiger partial charge in [0.2, 0.25) is 0 Å². The van der Waals surface area contributed by atoms with Gasteiger partial charge in [0.05, 0.1) is 0 Å². The van der Waals surface area contributed by atoms with E-state index in [-0.39, 0.29) is 11.0 Å². The van der Waals surface area contributed by atoms with Crippen LogP contribution in [0.1, 0.15) is 45.2 Å². The maximum absolute atomic E-state index is 6.11. The number of benzene rings is 1. The lowest BCUT2D eigenvalue weighted by molar-refractivity contribution is 0.258. The Labute approximate surface area is 100 Å². The summed E-state index contributed by atoms with van der Waals surface area (Å²) >= 11 is 0. The van der Waals surface area contributed by atoms with Gasteiger partial charge in [-0.2, -0.15) is 0 Å².